The highest BCUT2D eigenvalue weighted by atomic mass is 79.9. The van der Waals surface area contributed by atoms with Crippen LogP contribution in [0.25, 0.3) is 0 Å². The van der Waals surface area contributed by atoms with Gasteiger partial charge in [0.25, 0.3) is 0 Å². The summed E-state index contributed by atoms with van der Waals surface area (Å²) in [6.45, 7) is 2.92. The summed E-state index contributed by atoms with van der Waals surface area (Å²) in [5.74, 6) is 1.40. The van der Waals surface area contributed by atoms with Gasteiger partial charge >= 0.3 is 6.03 Å². The Hall–Kier alpha value is -1.51. The molecular formula is C27H33Br2ClN4O2. The van der Waals surface area contributed by atoms with E-state index in [2.05, 4.69) is 60.4 Å². The molecule has 3 heterocycles. The molecule has 1 aromatic rings. The Labute approximate surface area is 234 Å². The van der Waals surface area contributed by atoms with Crippen LogP contribution in [0.1, 0.15) is 55.6 Å². The molecule has 2 atom stereocenters. The molecule has 1 aliphatic carbocycles. The molecule has 0 spiro atoms. The molecule has 194 valence electrons. The lowest BCUT2D eigenvalue weighted by Gasteiger charge is -2.41. The number of rotatable bonds is 3. The number of urea groups is 1. The molecule has 0 aromatic heterocycles. The van der Waals surface area contributed by atoms with Crippen molar-refractivity contribution in [1.29, 1.82) is 0 Å². The van der Waals surface area contributed by atoms with E-state index in [9.17, 15) is 9.59 Å². The van der Waals surface area contributed by atoms with Crippen LogP contribution in [0.5, 0.6) is 0 Å². The van der Waals surface area contributed by atoms with E-state index in [-0.39, 0.29) is 18.0 Å². The van der Waals surface area contributed by atoms with Gasteiger partial charge in [0.2, 0.25) is 5.91 Å². The largest absolute Gasteiger partial charge is 0.383 e. The van der Waals surface area contributed by atoms with Gasteiger partial charge < -0.3 is 20.9 Å². The SMILES string of the molecule is NC(=O)N1CCC(CC(=O)N2CCC(C3c4ccc(Cl)c(Br)c4CCC4=CC(Br)=CNC43)CC2)CC1. The van der Waals surface area contributed by atoms with Crippen molar-refractivity contribution in [2.24, 2.45) is 17.6 Å². The number of nitrogens with two attached hydrogens (primary N) is 1. The van der Waals surface area contributed by atoms with Crippen molar-refractivity contribution in [3.8, 4) is 0 Å². The fraction of sp³-hybridized carbons (Fsp3) is 0.556. The zero-order valence-electron chi connectivity index (χ0n) is 20.3. The minimum Gasteiger partial charge on any atom is -0.383 e. The normalized spacial score (nSPS) is 25.2. The minimum absolute atomic E-state index is 0.253. The summed E-state index contributed by atoms with van der Waals surface area (Å²) in [6, 6.07) is 4.14. The van der Waals surface area contributed by atoms with Crippen molar-refractivity contribution in [3.63, 3.8) is 0 Å². The van der Waals surface area contributed by atoms with Crippen LogP contribution >= 0.6 is 43.5 Å². The number of carbonyl (C=O) groups is 2. The third-order valence-electron chi connectivity index (χ3n) is 8.53. The number of allylic oxidation sites excluding steroid dienone is 2. The molecule has 0 radical (unpaired) electrons. The molecule has 0 saturated carbocycles. The van der Waals surface area contributed by atoms with E-state index < -0.39 is 0 Å². The number of dihydropyridines is 1. The van der Waals surface area contributed by atoms with E-state index in [0.29, 0.717) is 37.3 Å². The van der Waals surface area contributed by atoms with Crippen molar-refractivity contribution in [2.45, 2.75) is 56.9 Å². The summed E-state index contributed by atoms with van der Waals surface area (Å²) in [7, 11) is 0. The maximum atomic E-state index is 13.1. The van der Waals surface area contributed by atoms with Gasteiger partial charge in [0.15, 0.2) is 0 Å². The number of likely N-dealkylation sites (tertiary alicyclic amines) is 2. The highest BCUT2D eigenvalue weighted by molar-refractivity contribution is 9.12. The molecule has 3 amide bonds. The summed E-state index contributed by atoms with van der Waals surface area (Å²) in [6.07, 6.45) is 10.6. The molecule has 1 aromatic carbocycles. The van der Waals surface area contributed by atoms with E-state index in [1.807, 2.05) is 6.07 Å². The standard InChI is InChI=1S/C27H33Br2ClN4O2/c28-19-14-18-1-2-21-20(3-4-22(30)25(21)29)24(26(18)32-15-19)17-7-11-33(12-8-17)23(35)13-16-5-9-34(10-6-16)27(31)36/h3-4,14-17,24,26,32H,1-2,5-13H2,(H2,31,36). The molecule has 6 nitrogen and oxygen atoms in total. The number of hydrogen-bond acceptors (Lipinski definition) is 3. The van der Waals surface area contributed by atoms with Crippen LogP contribution < -0.4 is 11.1 Å². The van der Waals surface area contributed by atoms with Crippen LogP contribution in [0.4, 0.5) is 4.79 Å². The summed E-state index contributed by atoms with van der Waals surface area (Å²) >= 11 is 13.9. The Morgan fingerprint density at radius 1 is 1.03 bits per heavy atom. The monoisotopic (exact) mass is 638 g/mol. The van der Waals surface area contributed by atoms with Crippen molar-refractivity contribution >= 4 is 55.4 Å². The fourth-order valence-corrected chi connectivity index (χ4v) is 7.70. The summed E-state index contributed by atoms with van der Waals surface area (Å²) in [5, 5.41) is 4.45. The first kappa shape index (κ1) is 26.1. The van der Waals surface area contributed by atoms with Crippen LogP contribution in [-0.2, 0) is 11.2 Å². The van der Waals surface area contributed by atoms with Crippen LogP contribution in [-0.4, -0.2) is 54.0 Å². The molecular weight excluding hydrogens is 608 g/mol. The van der Waals surface area contributed by atoms with E-state index in [0.717, 1.165) is 65.6 Å². The van der Waals surface area contributed by atoms with Crippen LogP contribution in [0.3, 0.4) is 0 Å². The fourth-order valence-electron chi connectivity index (χ4n) is 6.54. The lowest BCUT2D eigenvalue weighted by atomic mass is 9.73. The number of hydrogen-bond donors (Lipinski definition) is 2. The van der Waals surface area contributed by atoms with E-state index >= 15 is 0 Å². The van der Waals surface area contributed by atoms with Gasteiger partial charge in [-0.2, -0.15) is 0 Å². The molecule has 5 rings (SSSR count). The van der Waals surface area contributed by atoms with Gasteiger partial charge in [-0.15, -0.1) is 0 Å². The predicted octanol–water partition coefficient (Wildman–Crippen LogP) is 5.69. The number of primary amides is 1. The lowest BCUT2D eigenvalue weighted by Crippen LogP contribution is -2.45. The summed E-state index contributed by atoms with van der Waals surface area (Å²) < 4.78 is 2.10. The zero-order valence-corrected chi connectivity index (χ0v) is 24.2. The molecule has 3 N–H and O–H groups in total. The average Bonchev–Trinajstić information content (AvgIpc) is 3.03. The first-order valence-electron chi connectivity index (χ1n) is 12.9. The second-order valence-electron chi connectivity index (χ2n) is 10.5. The Balaban J connectivity index is 1.28. The number of amides is 3. The van der Waals surface area contributed by atoms with Gasteiger partial charge in [-0.1, -0.05) is 17.7 Å². The number of nitrogens with one attached hydrogen (secondary N) is 1. The Morgan fingerprint density at radius 3 is 2.42 bits per heavy atom. The lowest BCUT2D eigenvalue weighted by molar-refractivity contribution is -0.134. The molecule has 4 aliphatic rings. The second kappa shape index (κ2) is 11.1. The number of benzene rings is 1. The number of carbonyl (C=O) groups excluding carboxylic acids is 2. The number of nitrogens with zero attached hydrogens (tertiary/aromatic N) is 2. The maximum Gasteiger partial charge on any atom is 0.314 e. The highest BCUT2D eigenvalue weighted by Crippen LogP contribution is 2.46. The Morgan fingerprint density at radius 2 is 1.72 bits per heavy atom. The number of fused-ring (bicyclic) bond motifs is 2. The average molecular weight is 641 g/mol. The molecule has 2 fully saturated rings. The van der Waals surface area contributed by atoms with Gasteiger partial charge in [-0.3, -0.25) is 4.79 Å². The molecule has 2 unspecified atom stereocenters. The van der Waals surface area contributed by atoms with Gasteiger partial charge in [0, 0.05) is 53.7 Å². The van der Waals surface area contributed by atoms with Crippen LogP contribution in [0.15, 0.2) is 38.9 Å². The summed E-state index contributed by atoms with van der Waals surface area (Å²) in [4.78, 5) is 28.3. The number of piperidine rings is 2. The van der Waals surface area contributed by atoms with Gasteiger partial charge in [0.1, 0.15) is 0 Å². The number of halogens is 3. The van der Waals surface area contributed by atoms with Crippen LogP contribution in [0, 0.1) is 11.8 Å². The van der Waals surface area contributed by atoms with Gasteiger partial charge in [0.05, 0.1) is 11.1 Å². The first-order valence-corrected chi connectivity index (χ1v) is 14.9. The van der Waals surface area contributed by atoms with Crippen molar-refractivity contribution in [3.05, 3.63) is 55.1 Å². The minimum atomic E-state index is -0.357. The second-order valence-corrected chi connectivity index (χ2v) is 12.7. The third kappa shape index (κ3) is 5.37. The molecule has 3 aliphatic heterocycles. The quantitative estimate of drug-likeness (QED) is 0.446. The Bertz CT molecular complexity index is 1090. The topological polar surface area (TPSA) is 78.7 Å². The Kier molecular flexibility index (Phi) is 8.04. The third-order valence-corrected chi connectivity index (χ3v) is 10.4. The zero-order chi connectivity index (χ0) is 25.4. The maximum absolute atomic E-state index is 13.1. The van der Waals surface area contributed by atoms with Crippen LogP contribution in [0.2, 0.25) is 5.02 Å². The molecule has 9 heteroatoms. The first-order chi connectivity index (χ1) is 17.3. The van der Waals surface area contributed by atoms with E-state index in [4.69, 9.17) is 17.3 Å². The molecule has 2 saturated heterocycles. The van der Waals surface area contributed by atoms with Crippen molar-refractivity contribution < 1.29 is 9.59 Å². The van der Waals surface area contributed by atoms with Gasteiger partial charge in [-0.25, -0.2) is 4.79 Å². The van der Waals surface area contributed by atoms with Crippen molar-refractivity contribution in [2.75, 3.05) is 26.2 Å². The predicted molar refractivity (Wildman–Crippen MR) is 150 cm³/mol. The smallest absolute Gasteiger partial charge is 0.314 e. The van der Waals surface area contributed by atoms with E-state index in [1.165, 1.54) is 16.7 Å². The van der Waals surface area contributed by atoms with Crippen molar-refractivity contribution in [1.82, 2.24) is 15.1 Å². The van der Waals surface area contributed by atoms with Gasteiger partial charge in [-0.05, 0) is 111 Å². The molecule has 36 heavy (non-hydrogen) atoms. The molecule has 0 bridgehead atoms. The van der Waals surface area contributed by atoms with E-state index in [1.54, 1.807) is 4.90 Å². The summed E-state index contributed by atoms with van der Waals surface area (Å²) in [5.41, 5.74) is 9.52. The highest BCUT2D eigenvalue weighted by Gasteiger charge is 2.39.